The van der Waals surface area contributed by atoms with E-state index in [-0.39, 0.29) is 0 Å². The standard InChI is InChI=1S/C10H8N2O/c11-6-2-1-3-10-5-4-9(8-13)7-12-10/h1,3-5,7-8H,2H2. The number of aromatic nitrogens is 1. The van der Waals surface area contributed by atoms with Crippen molar-refractivity contribution in [3.05, 3.63) is 35.7 Å². The molecular formula is C10H8N2O. The fourth-order valence-electron chi connectivity index (χ4n) is 0.817. The van der Waals surface area contributed by atoms with Gasteiger partial charge in [0, 0.05) is 11.8 Å². The minimum atomic E-state index is 0.372. The maximum absolute atomic E-state index is 10.3. The van der Waals surface area contributed by atoms with Crippen molar-refractivity contribution in [2.24, 2.45) is 0 Å². The number of hydrogen-bond donors (Lipinski definition) is 0. The Morgan fingerprint density at radius 1 is 1.54 bits per heavy atom. The van der Waals surface area contributed by atoms with E-state index in [2.05, 4.69) is 4.98 Å². The highest BCUT2D eigenvalue weighted by molar-refractivity contribution is 5.74. The lowest BCUT2D eigenvalue weighted by molar-refractivity contribution is 0.112. The Kier molecular flexibility index (Phi) is 3.40. The summed E-state index contributed by atoms with van der Waals surface area (Å²) in [5.41, 5.74) is 1.30. The molecule has 0 atom stereocenters. The predicted molar refractivity (Wildman–Crippen MR) is 48.9 cm³/mol. The van der Waals surface area contributed by atoms with Gasteiger partial charge in [-0.1, -0.05) is 6.08 Å². The highest BCUT2D eigenvalue weighted by atomic mass is 16.1. The van der Waals surface area contributed by atoms with Crippen molar-refractivity contribution in [3.63, 3.8) is 0 Å². The fourth-order valence-corrected chi connectivity index (χ4v) is 0.817. The number of allylic oxidation sites excluding steroid dienone is 1. The fraction of sp³-hybridized carbons (Fsp3) is 0.100. The maximum atomic E-state index is 10.3. The lowest BCUT2D eigenvalue weighted by Gasteiger charge is -1.91. The van der Waals surface area contributed by atoms with E-state index >= 15 is 0 Å². The van der Waals surface area contributed by atoms with Gasteiger partial charge < -0.3 is 0 Å². The molecule has 0 aliphatic carbocycles. The largest absolute Gasteiger partial charge is 0.298 e. The number of pyridine rings is 1. The summed E-state index contributed by atoms with van der Waals surface area (Å²) in [4.78, 5) is 14.3. The summed E-state index contributed by atoms with van der Waals surface area (Å²) in [6.45, 7) is 0. The van der Waals surface area contributed by atoms with Gasteiger partial charge in [0.2, 0.25) is 0 Å². The van der Waals surface area contributed by atoms with Crippen LogP contribution in [0, 0.1) is 11.3 Å². The van der Waals surface area contributed by atoms with Gasteiger partial charge in [0.1, 0.15) is 0 Å². The van der Waals surface area contributed by atoms with Gasteiger partial charge in [-0.05, 0) is 18.2 Å². The maximum Gasteiger partial charge on any atom is 0.151 e. The summed E-state index contributed by atoms with van der Waals surface area (Å²) >= 11 is 0. The van der Waals surface area contributed by atoms with Gasteiger partial charge in [-0.25, -0.2) is 0 Å². The highest BCUT2D eigenvalue weighted by Crippen LogP contribution is 2.00. The number of carbonyl (C=O) groups excluding carboxylic acids is 1. The van der Waals surface area contributed by atoms with Gasteiger partial charge in [0.15, 0.2) is 6.29 Å². The lowest BCUT2D eigenvalue weighted by Crippen LogP contribution is -1.84. The number of aldehydes is 1. The molecule has 1 rings (SSSR count). The first-order chi connectivity index (χ1) is 6.36. The molecule has 13 heavy (non-hydrogen) atoms. The first kappa shape index (κ1) is 9.14. The molecule has 1 heterocycles. The van der Waals surface area contributed by atoms with Crippen molar-refractivity contribution in [1.29, 1.82) is 5.26 Å². The van der Waals surface area contributed by atoms with Crippen LogP contribution in [0.15, 0.2) is 24.4 Å². The van der Waals surface area contributed by atoms with Gasteiger partial charge in [-0.15, -0.1) is 0 Å². The average molecular weight is 172 g/mol. The van der Waals surface area contributed by atoms with E-state index in [1.807, 2.05) is 6.07 Å². The number of hydrogen-bond acceptors (Lipinski definition) is 3. The Labute approximate surface area is 76.3 Å². The molecule has 0 aliphatic heterocycles. The molecule has 0 unspecified atom stereocenters. The first-order valence-electron chi connectivity index (χ1n) is 3.81. The summed E-state index contributed by atoms with van der Waals surface area (Å²) in [6, 6.07) is 5.41. The van der Waals surface area contributed by atoms with Crippen molar-refractivity contribution in [2.75, 3.05) is 0 Å². The Balaban J connectivity index is 2.70. The van der Waals surface area contributed by atoms with E-state index in [1.165, 1.54) is 6.20 Å². The van der Waals surface area contributed by atoms with Crippen LogP contribution < -0.4 is 0 Å². The smallest absolute Gasteiger partial charge is 0.151 e. The second-order valence-corrected chi connectivity index (χ2v) is 2.40. The average Bonchev–Trinajstić information content (AvgIpc) is 2.19. The molecule has 0 aliphatic rings. The normalized spacial score (nSPS) is 9.77. The Morgan fingerprint density at radius 2 is 2.38 bits per heavy atom. The van der Waals surface area contributed by atoms with Crippen LogP contribution >= 0.6 is 0 Å². The van der Waals surface area contributed by atoms with E-state index in [0.29, 0.717) is 12.0 Å². The Bertz CT molecular complexity index is 346. The molecule has 64 valence electrons. The third-order valence-electron chi connectivity index (χ3n) is 1.44. The van der Waals surface area contributed by atoms with Crippen LogP contribution in [0.2, 0.25) is 0 Å². The summed E-state index contributed by atoms with van der Waals surface area (Å²) in [5.74, 6) is 0. The molecule has 0 radical (unpaired) electrons. The molecule has 0 aromatic carbocycles. The van der Waals surface area contributed by atoms with Gasteiger partial charge in [-0.2, -0.15) is 5.26 Å². The van der Waals surface area contributed by atoms with Crippen molar-refractivity contribution < 1.29 is 4.79 Å². The summed E-state index contributed by atoms with van der Waals surface area (Å²) in [5, 5.41) is 8.26. The molecule has 3 nitrogen and oxygen atoms in total. The van der Waals surface area contributed by atoms with Crippen LogP contribution in [-0.4, -0.2) is 11.3 Å². The second kappa shape index (κ2) is 4.83. The monoisotopic (exact) mass is 172 g/mol. The lowest BCUT2D eigenvalue weighted by atomic mass is 10.2. The number of carbonyl (C=O) groups is 1. The zero-order valence-corrected chi connectivity index (χ0v) is 6.97. The molecular weight excluding hydrogens is 164 g/mol. The zero-order chi connectivity index (χ0) is 9.52. The van der Waals surface area contributed by atoms with Crippen LogP contribution in [0.25, 0.3) is 6.08 Å². The zero-order valence-electron chi connectivity index (χ0n) is 6.97. The van der Waals surface area contributed by atoms with Crippen molar-refractivity contribution in [1.82, 2.24) is 4.98 Å². The number of nitriles is 1. The Morgan fingerprint density at radius 3 is 2.92 bits per heavy atom. The van der Waals surface area contributed by atoms with E-state index < -0.39 is 0 Å². The molecule has 0 saturated heterocycles. The first-order valence-corrected chi connectivity index (χ1v) is 3.81. The van der Waals surface area contributed by atoms with Crippen LogP contribution in [0.1, 0.15) is 22.5 Å². The Hall–Kier alpha value is -1.95. The van der Waals surface area contributed by atoms with Gasteiger partial charge in [0.25, 0.3) is 0 Å². The quantitative estimate of drug-likeness (QED) is 0.653. The van der Waals surface area contributed by atoms with E-state index in [1.54, 1.807) is 24.3 Å². The highest BCUT2D eigenvalue weighted by Gasteiger charge is 1.89. The predicted octanol–water partition coefficient (Wildman–Crippen LogP) is 1.82. The van der Waals surface area contributed by atoms with Gasteiger partial charge in [-0.3, -0.25) is 9.78 Å². The summed E-state index contributed by atoms with van der Waals surface area (Å²) in [7, 11) is 0. The topological polar surface area (TPSA) is 53.8 Å². The second-order valence-electron chi connectivity index (χ2n) is 2.40. The molecule has 0 bridgehead atoms. The third-order valence-corrected chi connectivity index (χ3v) is 1.44. The van der Waals surface area contributed by atoms with E-state index in [9.17, 15) is 4.79 Å². The molecule has 3 heteroatoms. The number of rotatable bonds is 3. The van der Waals surface area contributed by atoms with Crippen LogP contribution in [0.4, 0.5) is 0 Å². The van der Waals surface area contributed by atoms with Crippen LogP contribution in [0.3, 0.4) is 0 Å². The van der Waals surface area contributed by atoms with Gasteiger partial charge >= 0.3 is 0 Å². The third kappa shape index (κ3) is 2.88. The van der Waals surface area contributed by atoms with Crippen molar-refractivity contribution in [2.45, 2.75) is 6.42 Å². The van der Waals surface area contributed by atoms with Crippen LogP contribution in [0.5, 0.6) is 0 Å². The summed E-state index contributed by atoms with van der Waals surface area (Å²) < 4.78 is 0. The van der Waals surface area contributed by atoms with E-state index in [0.717, 1.165) is 12.0 Å². The van der Waals surface area contributed by atoms with Crippen molar-refractivity contribution in [3.8, 4) is 6.07 Å². The number of nitrogens with zero attached hydrogens (tertiary/aromatic N) is 2. The SMILES string of the molecule is N#CCC=Cc1ccc(C=O)cn1. The molecule has 1 aromatic rings. The van der Waals surface area contributed by atoms with Gasteiger partial charge in [0.05, 0.1) is 18.2 Å². The summed E-state index contributed by atoms with van der Waals surface area (Å²) in [6.07, 6.45) is 6.09. The molecule has 0 fully saturated rings. The minimum Gasteiger partial charge on any atom is -0.298 e. The van der Waals surface area contributed by atoms with Crippen molar-refractivity contribution >= 4 is 12.4 Å². The molecule has 0 N–H and O–H groups in total. The minimum absolute atomic E-state index is 0.372. The van der Waals surface area contributed by atoms with E-state index in [4.69, 9.17) is 5.26 Å². The molecule has 1 aromatic heterocycles. The molecule has 0 saturated carbocycles. The van der Waals surface area contributed by atoms with Crippen LogP contribution in [-0.2, 0) is 0 Å². The molecule has 0 spiro atoms. The molecule has 0 amide bonds.